The molecular formula is C28H48. The Kier molecular flexibility index (Phi) is 6.42. The van der Waals surface area contributed by atoms with Crippen LogP contribution < -0.4 is 0 Å². The first-order valence-electron chi connectivity index (χ1n) is 13.9. The third-order valence-corrected chi connectivity index (χ3v) is 10.9. The smallest absolute Gasteiger partial charge is 0.0352 e. The average molecular weight is 385 g/mol. The molecule has 0 N–H and O–H groups in total. The SMILES string of the molecule is CCCCC1CC(CCC2C3CCCCC3C3CCCCC32)C2CCCCC12. The minimum Gasteiger partial charge on any atom is -0.0654 e. The predicted octanol–water partition coefficient (Wildman–Crippen LogP) is 8.64. The fraction of sp³-hybridized carbons (Fsp3) is 1.00. The number of unbranched alkanes of at least 4 members (excludes halogenated alkanes) is 1. The Bertz CT molecular complexity index is 472. The van der Waals surface area contributed by atoms with Crippen molar-refractivity contribution < 1.29 is 0 Å². The first-order valence-corrected chi connectivity index (χ1v) is 13.9. The van der Waals surface area contributed by atoms with Crippen molar-refractivity contribution in [2.45, 2.75) is 122 Å². The van der Waals surface area contributed by atoms with Gasteiger partial charge in [0.25, 0.3) is 0 Å². The Balaban J connectivity index is 1.24. The summed E-state index contributed by atoms with van der Waals surface area (Å²) in [7, 11) is 0. The van der Waals surface area contributed by atoms with Crippen LogP contribution in [0.1, 0.15) is 122 Å². The zero-order valence-electron chi connectivity index (χ0n) is 18.9. The van der Waals surface area contributed by atoms with Crippen LogP contribution in [0, 0.1) is 53.3 Å². The van der Waals surface area contributed by atoms with Crippen LogP contribution in [-0.4, -0.2) is 0 Å². The number of fused-ring (bicyclic) bond motifs is 4. The summed E-state index contributed by atoms with van der Waals surface area (Å²) in [6.45, 7) is 2.39. The van der Waals surface area contributed by atoms with Crippen LogP contribution in [0.4, 0.5) is 0 Å². The molecule has 0 aromatic heterocycles. The highest BCUT2D eigenvalue weighted by Crippen LogP contribution is 2.60. The zero-order valence-corrected chi connectivity index (χ0v) is 18.9. The van der Waals surface area contributed by atoms with Crippen LogP contribution in [0.5, 0.6) is 0 Å². The Morgan fingerprint density at radius 1 is 0.500 bits per heavy atom. The molecular weight excluding hydrogens is 336 g/mol. The quantitative estimate of drug-likeness (QED) is 0.430. The molecule has 0 bridgehead atoms. The molecule has 5 rings (SSSR count). The summed E-state index contributed by atoms with van der Waals surface area (Å²) in [6, 6.07) is 0. The molecule has 5 fully saturated rings. The van der Waals surface area contributed by atoms with Gasteiger partial charge in [-0.25, -0.2) is 0 Å². The van der Waals surface area contributed by atoms with Crippen molar-refractivity contribution in [3.63, 3.8) is 0 Å². The first kappa shape index (κ1) is 19.9. The normalized spacial score (nSPS) is 48.1. The lowest BCUT2D eigenvalue weighted by atomic mass is 9.72. The van der Waals surface area contributed by atoms with Crippen molar-refractivity contribution >= 4 is 0 Å². The Hall–Kier alpha value is 0. The van der Waals surface area contributed by atoms with Crippen molar-refractivity contribution in [2.24, 2.45) is 53.3 Å². The van der Waals surface area contributed by atoms with E-state index in [0.717, 1.165) is 53.3 Å². The van der Waals surface area contributed by atoms with E-state index in [9.17, 15) is 0 Å². The van der Waals surface area contributed by atoms with E-state index in [1.54, 1.807) is 103 Å². The predicted molar refractivity (Wildman–Crippen MR) is 120 cm³/mol. The minimum atomic E-state index is 1.11. The second-order valence-corrected chi connectivity index (χ2v) is 12.0. The van der Waals surface area contributed by atoms with Crippen LogP contribution >= 0.6 is 0 Å². The monoisotopic (exact) mass is 384 g/mol. The topological polar surface area (TPSA) is 0 Å². The van der Waals surface area contributed by atoms with Gasteiger partial charge in [0.1, 0.15) is 0 Å². The highest BCUT2D eigenvalue weighted by molar-refractivity contribution is 5.00. The maximum absolute atomic E-state index is 2.39. The van der Waals surface area contributed by atoms with Gasteiger partial charge in [-0.3, -0.25) is 0 Å². The summed E-state index contributed by atoms with van der Waals surface area (Å²) < 4.78 is 0. The van der Waals surface area contributed by atoms with Gasteiger partial charge in [-0.1, -0.05) is 64.7 Å². The standard InChI is InChI=1S/C28H48/c1-2-3-10-20-19-21(23-12-5-4-11-22(20)23)17-18-28-26-15-8-6-13-24(26)25-14-7-9-16-27(25)28/h20-28H,2-19H2,1H3. The molecule has 0 spiro atoms. The van der Waals surface area contributed by atoms with Crippen molar-refractivity contribution in [3.05, 3.63) is 0 Å². The van der Waals surface area contributed by atoms with E-state index >= 15 is 0 Å². The third-order valence-electron chi connectivity index (χ3n) is 10.9. The molecule has 0 aromatic carbocycles. The summed E-state index contributed by atoms with van der Waals surface area (Å²) in [4.78, 5) is 0. The second kappa shape index (κ2) is 9.01. The van der Waals surface area contributed by atoms with Crippen LogP contribution in [0.25, 0.3) is 0 Å². The summed E-state index contributed by atoms with van der Waals surface area (Å²) in [5.74, 6) is 10.3. The van der Waals surface area contributed by atoms with Crippen LogP contribution in [0.15, 0.2) is 0 Å². The van der Waals surface area contributed by atoms with Gasteiger partial charge >= 0.3 is 0 Å². The van der Waals surface area contributed by atoms with Crippen molar-refractivity contribution in [1.82, 2.24) is 0 Å². The van der Waals surface area contributed by atoms with Crippen LogP contribution in [0.3, 0.4) is 0 Å². The van der Waals surface area contributed by atoms with Crippen LogP contribution in [-0.2, 0) is 0 Å². The van der Waals surface area contributed by atoms with Gasteiger partial charge in [-0.2, -0.15) is 0 Å². The van der Waals surface area contributed by atoms with Gasteiger partial charge in [-0.05, 0) is 111 Å². The van der Waals surface area contributed by atoms with E-state index in [-0.39, 0.29) is 0 Å². The Morgan fingerprint density at radius 2 is 0.964 bits per heavy atom. The van der Waals surface area contributed by atoms with Crippen molar-refractivity contribution in [2.75, 3.05) is 0 Å². The molecule has 8 atom stereocenters. The second-order valence-electron chi connectivity index (χ2n) is 12.0. The number of hydrogen-bond acceptors (Lipinski definition) is 0. The van der Waals surface area contributed by atoms with E-state index in [4.69, 9.17) is 0 Å². The third kappa shape index (κ3) is 3.73. The lowest BCUT2D eigenvalue weighted by Gasteiger charge is -2.34. The summed E-state index contributed by atoms with van der Waals surface area (Å²) in [6.07, 6.45) is 28.3. The molecule has 5 saturated carbocycles. The molecule has 0 amide bonds. The molecule has 0 saturated heterocycles. The first-order chi connectivity index (χ1) is 13.9. The van der Waals surface area contributed by atoms with Gasteiger partial charge in [0.2, 0.25) is 0 Å². The maximum atomic E-state index is 2.39. The molecule has 0 aliphatic heterocycles. The summed E-state index contributed by atoms with van der Waals surface area (Å²) >= 11 is 0. The van der Waals surface area contributed by atoms with Gasteiger partial charge < -0.3 is 0 Å². The van der Waals surface area contributed by atoms with Crippen molar-refractivity contribution in [3.8, 4) is 0 Å². The summed E-state index contributed by atoms with van der Waals surface area (Å²) in [5, 5.41) is 0. The molecule has 0 nitrogen and oxygen atoms in total. The largest absolute Gasteiger partial charge is 0.0654 e. The minimum absolute atomic E-state index is 1.11. The fourth-order valence-electron chi connectivity index (χ4n) is 9.88. The van der Waals surface area contributed by atoms with E-state index < -0.39 is 0 Å². The molecule has 8 unspecified atom stereocenters. The molecule has 28 heavy (non-hydrogen) atoms. The van der Waals surface area contributed by atoms with Gasteiger partial charge in [0, 0.05) is 0 Å². The molecule has 160 valence electrons. The molecule has 5 aliphatic carbocycles. The number of hydrogen-bond donors (Lipinski definition) is 0. The Morgan fingerprint density at radius 3 is 1.50 bits per heavy atom. The lowest BCUT2D eigenvalue weighted by Crippen LogP contribution is -2.24. The van der Waals surface area contributed by atoms with E-state index in [0.29, 0.717) is 0 Å². The highest BCUT2D eigenvalue weighted by atomic mass is 14.6. The fourth-order valence-corrected chi connectivity index (χ4v) is 9.88. The van der Waals surface area contributed by atoms with Gasteiger partial charge in [0.15, 0.2) is 0 Å². The lowest BCUT2D eigenvalue weighted by molar-refractivity contribution is 0.166. The maximum Gasteiger partial charge on any atom is -0.0352 e. The van der Waals surface area contributed by atoms with E-state index in [1.165, 1.54) is 12.8 Å². The molecule has 0 radical (unpaired) electrons. The highest BCUT2D eigenvalue weighted by Gasteiger charge is 2.51. The zero-order chi connectivity index (χ0) is 18.9. The van der Waals surface area contributed by atoms with E-state index in [1.807, 2.05) is 0 Å². The van der Waals surface area contributed by atoms with Gasteiger partial charge in [0.05, 0.1) is 0 Å². The Labute approximate surface area is 176 Å². The van der Waals surface area contributed by atoms with Crippen molar-refractivity contribution in [1.29, 1.82) is 0 Å². The molecule has 5 aliphatic rings. The summed E-state index contributed by atoms with van der Waals surface area (Å²) in [5.41, 5.74) is 0. The van der Waals surface area contributed by atoms with Crippen LogP contribution in [0.2, 0.25) is 0 Å². The number of rotatable bonds is 6. The molecule has 0 heterocycles. The molecule has 0 aromatic rings. The molecule has 0 heteroatoms. The van der Waals surface area contributed by atoms with E-state index in [2.05, 4.69) is 6.92 Å². The average Bonchev–Trinajstić information content (AvgIpc) is 3.27. The van der Waals surface area contributed by atoms with Gasteiger partial charge in [-0.15, -0.1) is 0 Å².